The summed E-state index contributed by atoms with van der Waals surface area (Å²) in [5.41, 5.74) is 10.7. The fraction of sp³-hybridized carbons (Fsp3) is 0.167. The summed E-state index contributed by atoms with van der Waals surface area (Å²) in [6, 6.07) is 56.3. The lowest BCUT2D eigenvalue weighted by atomic mass is 9.68. The van der Waals surface area contributed by atoms with E-state index >= 15 is 0 Å². The molecule has 8 aromatic rings. The predicted octanol–water partition coefficient (Wildman–Crippen LogP) is 12.9. The molecule has 2 atom stereocenters. The summed E-state index contributed by atoms with van der Waals surface area (Å²) in [5, 5.41) is 7.83. The molecule has 1 fully saturated rings. The van der Waals surface area contributed by atoms with Gasteiger partial charge in [-0.25, -0.2) is 0 Å². The molecule has 2 nitrogen and oxygen atoms in total. The van der Waals surface area contributed by atoms with Crippen LogP contribution in [0.2, 0.25) is 0 Å². The molecule has 2 aliphatic rings. The second kappa shape index (κ2) is 11.0. The number of hydrogen-bond donors (Lipinski definition) is 0. The molecule has 8 aromatic carbocycles. The molecule has 0 aromatic heterocycles. The van der Waals surface area contributed by atoms with Crippen LogP contribution in [0.3, 0.4) is 0 Å². The zero-order valence-electron chi connectivity index (χ0n) is 28.6. The van der Waals surface area contributed by atoms with Crippen molar-refractivity contribution in [2.24, 2.45) is 0 Å². The van der Waals surface area contributed by atoms with Crippen molar-refractivity contribution < 1.29 is 4.74 Å². The highest BCUT2D eigenvalue weighted by Gasteiger charge is 2.61. The first-order valence-electron chi connectivity index (χ1n) is 18.0. The lowest BCUT2D eigenvalue weighted by Gasteiger charge is -2.50. The number of fused-ring (bicyclic) bond motifs is 3. The molecule has 0 saturated heterocycles. The maximum Gasteiger partial charge on any atom is 0.118 e. The minimum absolute atomic E-state index is 0.187. The van der Waals surface area contributed by atoms with Gasteiger partial charge in [-0.1, -0.05) is 134 Å². The largest absolute Gasteiger partial charge is 0.371 e. The molecule has 2 unspecified atom stereocenters. The predicted molar refractivity (Wildman–Crippen MR) is 211 cm³/mol. The minimum atomic E-state index is -0.400. The highest BCUT2D eigenvalue weighted by atomic mass is 16.5. The van der Waals surface area contributed by atoms with Gasteiger partial charge in [-0.2, -0.15) is 0 Å². The smallest absolute Gasteiger partial charge is 0.118 e. The quantitative estimate of drug-likeness (QED) is 0.173. The Morgan fingerprint density at radius 3 is 1.80 bits per heavy atom. The van der Waals surface area contributed by atoms with Crippen LogP contribution in [0.5, 0.6) is 0 Å². The Morgan fingerprint density at radius 1 is 0.520 bits per heavy atom. The van der Waals surface area contributed by atoms with E-state index in [0.717, 1.165) is 19.3 Å². The van der Waals surface area contributed by atoms with Crippen molar-refractivity contribution in [3.63, 3.8) is 0 Å². The Bertz CT molecular complexity index is 2540. The van der Waals surface area contributed by atoms with Crippen molar-refractivity contribution in [2.75, 3.05) is 12.0 Å². The molecular formula is C48H39NO. The van der Waals surface area contributed by atoms with Crippen molar-refractivity contribution in [3.8, 4) is 33.4 Å². The van der Waals surface area contributed by atoms with E-state index in [-0.39, 0.29) is 5.54 Å². The third-order valence-electron chi connectivity index (χ3n) is 12.1. The molecule has 1 aliphatic heterocycles. The zero-order valence-corrected chi connectivity index (χ0v) is 28.6. The van der Waals surface area contributed by atoms with E-state index in [1.54, 1.807) is 0 Å². The monoisotopic (exact) mass is 645 g/mol. The molecule has 10 rings (SSSR count). The van der Waals surface area contributed by atoms with Crippen molar-refractivity contribution in [3.05, 3.63) is 157 Å². The van der Waals surface area contributed by atoms with Gasteiger partial charge in [-0.3, -0.25) is 0 Å². The van der Waals surface area contributed by atoms with Gasteiger partial charge in [0.25, 0.3) is 0 Å². The first-order chi connectivity index (χ1) is 24.6. The molecule has 2 heteroatoms. The van der Waals surface area contributed by atoms with Gasteiger partial charge in [-0.15, -0.1) is 0 Å². The Hall–Kier alpha value is -5.44. The van der Waals surface area contributed by atoms with Crippen molar-refractivity contribution in [1.29, 1.82) is 0 Å². The topological polar surface area (TPSA) is 12.5 Å². The van der Waals surface area contributed by atoms with Crippen LogP contribution in [0.15, 0.2) is 152 Å². The summed E-state index contributed by atoms with van der Waals surface area (Å²) >= 11 is 0. The van der Waals surface area contributed by atoms with Gasteiger partial charge in [0.05, 0.1) is 5.54 Å². The lowest BCUT2D eigenvalue weighted by molar-refractivity contribution is -0.0871. The average Bonchev–Trinajstić information content (AvgIpc) is 3.42. The van der Waals surface area contributed by atoms with Gasteiger partial charge < -0.3 is 9.64 Å². The molecule has 1 aliphatic carbocycles. The summed E-state index contributed by atoms with van der Waals surface area (Å²) in [6.45, 7) is 2.43. The summed E-state index contributed by atoms with van der Waals surface area (Å²) in [6.07, 6.45) is 4.46. The van der Waals surface area contributed by atoms with E-state index in [2.05, 4.69) is 163 Å². The molecule has 242 valence electrons. The Kier molecular flexibility index (Phi) is 6.50. The fourth-order valence-corrected chi connectivity index (χ4v) is 9.81. The first-order valence-corrected chi connectivity index (χ1v) is 18.0. The normalized spacial score (nSPS) is 20.1. The Balaban J connectivity index is 1.28. The zero-order chi connectivity index (χ0) is 33.5. The molecule has 0 radical (unpaired) electrons. The van der Waals surface area contributed by atoms with Gasteiger partial charge in [0.2, 0.25) is 0 Å². The van der Waals surface area contributed by atoms with Gasteiger partial charge in [0, 0.05) is 24.0 Å². The highest BCUT2D eigenvalue weighted by molar-refractivity contribution is 6.30. The van der Waals surface area contributed by atoms with Gasteiger partial charge in [0.1, 0.15) is 5.60 Å². The first kappa shape index (κ1) is 29.5. The van der Waals surface area contributed by atoms with E-state index in [1.807, 2.05) is 7.11 Å². The van der Waals surface area contributed by atoms with Gasteiger partial charge >= 0.3 is 0 Å². The van der Waals surface area contributed by atoms with E-state index in [1.165, 1.54) is 89.1 Å². The van der Waals surface area contributed by atoms with E-state index in [4.69, 9.17) is 4.74 Å². The van der Waals surface area contributed by atoms with Gasteiger partial charge in [0.15, 0.2) is 0 Å². The van der Waals surface area contributed by atoms with Crippen molar-refractivity contribution >= 4 is 43.7 Å². The van der Waals surface area contributed by atoms with Crippen LogP contribution < -0.4 is 4.90 Å². The molecule has 0 N–H and O–H groups in total. The standard InChI is InChI=1S/C48H39NO/c1-47-28-12-13-29-48(47,50-2)43-30-35(22-27-44(43)49(47)36-18-10-5-11-19-36)42-31-41(33-16-8-4-9-17-33)39-24-21-34-20-23-37(32-14-6-3-7-15-32)38-25-26-40(42)46(39)45(34)38/h3-11,14-27,30-31H,12-13,28-29H2,1-2H3. The number of para-hydroxylation sites is 1. The average molecular weight is 646 g/mol. The molecular weight excluding hydrogens is 607 g/mol. The number of ether oxygens (including phenoxy) is 1. The van der Waals surface area contributed by atoms with Crippen LogP contribution in [0, 0.1) is 0 Å². The van der Waals surface area contributed by atoms with E-state index < -0.39 is 5.60 Å². The summed E-state index contributed by atoms with van der Waals surface area (Å²) in [5.74, 6) is 0. The number of rotatable bonds is 5. The van der Waals surface area contributed by atoms with Crippen LogP contribution in [-0.4, -0.2) is 12.6 Å². The third kappa shape index (κ3) is 4.00. The van der Waals surface area contributed by atoms with E-state index in [0.29, 0.717) is 0 Å². The van der Waals surface area contributed by atoms with Crippen LogP contribution in [0.4, 0.5) is 11.4 Å². The Morgan fingerprint density at radius 2 is 1.10 bits per heavy atom. The van der Waals surface area contributed by atoms with E-state index in [9.17, 15) is 0 Å². The Labute approximate surface area is 293 Å². The number of anilines is 2. The summed E-state index contributed by atoms with van der Waals surface area (Å²) < 4.78 is 6.76. The van der Waals surface area contributed by atoms with Crippen molar-refractivity contribution in [2.45, 2.75) is 43.7 Å². The lowest BCUT2D eigenvalue weighted by Crippen LogP contribution is -2.57. The number of benzene rings is 8. The van der Waals surface area contributed by atoms with Crippen LogP contribution in [0.25, 0.3) is 65.7 Å². The molecule has 1 saturated carbocycles. The summed E-state index contributed by atoms with van der Waals surface area (Å²) in [4.78, 5) is 2.58. The van der Waals surface area contributed by atoms with Gasteiger partial charge in [-0.05, 0) is 116 Å². The highest BCUT2D eigenvalue weighted by Crippen LogP contribution is 2.62. The van der Waals surface area contributed by atoms with Crippen molar-refractivity contribution in [1.82, 2.24) is 0 Å². The molecule has 1 heterocycles. The SMILES string of the molecule is COC12CCCCC1(C)N(c1ccccc1)c1ccc(-c3cc(-c4ccccc4)c4ccc5ccc(-c6ccccc6)c6ccc3c4c56)cc12. The maximum atomic E-state index is 6.76. The number of methoxy groups -OCH3 is 1. The third-order valence-corrected chi connectivity index (χ3v) is 12.1. The fourth-order valence-electron chi connectivity index (χ4n) is 9.81. The number of nitrogens with zero attached hydrogens (tertiary/aromatic N) is 1. The second-order valence-corrected chi connectivity index (χ2v) is 14.5. The second-order valence-electron chi connectivity index (χ2n) is 14.5. The molecule has 50 heavy (non-hydrogen) atoms. The van der Waals surface area contributed by atoms with Crippen LogP contribution >= 0.6 is 0 Å². The molecule has 0 spiro atoms. The number of hydrogen-bond acceptors (Lipinski definition) is 2. The molecule has 0 amide bonds. The maximum absolute atomic E-state index is 6.76. The summed E-state index contributed by atoms with van der Waals surface area (Å²) in [7, 11) is 1.93. The molecule has 0 bridgehead atoms. The van der Waals surface area contributed by atoms with Crippen LogP contribution in [0.1, 0.15) is 38.2 Å². The van der Waals surface area contributed by atoms with Crippen LogP contribution in [-0.2, 0) is 10.3 Å². The minimum Gasteiger partial charge on any atom is -0.371 e.